The van der Waals surface area contributed by atoms with E-state index < -0.39 is 0 Å². The lowest BCUT2D eigenvalue weighted by molar-refractivity contribution is 0.520. The van der Waals surface area contributed by atoms with Crippen LogP contribution < -0.4 is 10.9 Å². The van der Waals surface area contributed by atoms with Gasteiger partial charge in [0, 0.05) is 29.8 Å². The summed E-state index contributed by atoms with van der Waals surface area (Å²) in [6, 6.07) is 4.81. The van der Waals surface area contributed by atoms with Crippen molar-refractivity contribution in [2.75, 3.05) is 6.54 Å². The van der Waals surface area contributed by atoms with Crippen LogP contribution in [0.25, 0.3) is 0 Å². The molecule has 0 saturated heterocycles. The van der Waals surface area contributed by atoms with Gasteiger partial charge < -0.3 is 9.88 Å². The second kappa shape index (κ2) is 3.74. The molecule has 0 aromatic carbocycles. The van der Waals surface area contributed by atoms with Gasteiger partial charge in [-0.25, -0.2) is 0 Å². The molecule has 3 nitrogen and oxygen atoms in total. The molecule has 2 unspecified atom stereocenters. The summed E-state index contributed by atoms with van der Waals surface area (Å²) >= 11 is 0. The summed E-state index contributed by atoms with van der Waals surface area (Å²) in [5.41, 5.74) is 2.45. The van der Waals surface area contributed by atoms with Gasteiger partial charge in [-0.05, 0) is 31.9 Å². The zero-order chi connectivity index (χ0) is 11.1. The molecule has 1 aliphatic carbocycles. The molecular weight excluding hydrogens is 200 g/mol. The Bertz CT molecular complexity index is 463. The van der Waals surface area contributed by atoms with Crippen molar-refractivity contribution in [1.29, 1.82) is 0 Å². The maximum Gasteiger partial charge on any atom is 0.253 e. The van der Waals surface area contributed by atoms with Crippen LogP contribution in [0, 0.1) is 0 Å². The molecule has 1 aromatic rings. The van der Waals surface area contributed by atoms with E-state index in [1.165, 1.54) is 12.1 Å². The van der Waals surface area contributed by atoms with Crippen molar-refractivity contribution < 1.29 is 0 Å². The van der Waals surface area contributed by atoms with Gasteiger partial charge in [0.1, 0.15) is 0 Å². The predicted octanol–water partition coefficient (Wildman–Crippen LogP) is 1.26. The van der Waals surface area contributed by atoms with Crippen LogP contribution in [-0.4, -0.2) is 17.2 Å². The molecule has 2 atom stereocenters. The Kier molecular flexibility index (Phi) is 2.36. The van der Waals surface area contributed by atoms with Crippen molar-refractivity contribution in [3.05, 3.63) is 33.7 Å². The molecule has 86 valence electrons. The Labute approximate surface area is 95.5 Å². The minimum absolute atomic E-state index is 0.243. The van der Waals surface area contributed by atoms with Gasteiger partial charge in [0.05, 0.1) is 0 Å². The van der Waals surface area contributed by atoms with Crippen LogP contribution in [0.1, 0.15) is 36.9 Å². The molecule has 1 saturated carbocycles. The molecule has 2 aliphatic rings. The highest BCUT2D eigenvalue weighted by molar-refractivity contribution is 5.26. The first-order valence-electron chi connectivity index (χ1n) is 6.27. The number of pyridine rings is 1. The van der Waals surface area contributed by atoms with Gasteiger partial charge in [0.2, 0.25) is 0 Å². The number of aromatic nitrogens is 1. The van der Waals surface area contributed by atoms with Crippen LogP contribution in [0.15, 0.2) is 16.9 Å². The average molecular weight is 218 g/mol. The molecule has 2 heterocycles. The Hall–Kier alpha value is -1.09. The van der Waals surface area contributed by atoms with E-state index in [1.807, 2.05) is 17.6 Å². The van der Waals surface area contributed by atoms with Crippen LogP contribution in [-0.2, 0) is 13.0 Å². The fraction of sp³-hybridized carbons (Fsp3) is 0.615. The standard InChI is InChI=1S/C13H18N2O/c1-2-9-4-5-12-10-8-11(10)14-6-3-7-15(12)13(9)16/h4-5,10-11,14H,2-3,6-8H2,1H3. The number of aryl methyl sites for hydroxylation is 1. The van der Waals surface area contributed by atoms with E-state index in [1.54, 1.807) is 0 Å². The molecule has 0 amide bonds. The summed E-state index contributed by atoms with van der Waals surface area (Å²) in [7, 11) is 0. The van der Waals surface area contributed by atoms with Gasteiger partial charge in [-0.2, -0.15) is 0 Å². The lowest BCUT2D eigenvalue weighted by Gasteiger charge is -2.17. The molecule has 0 bridgehead atoms. The van der Waals surface area contributed by atoms with Gasteiger partial charge in [-0.1, -0.05) is 13.0 Å². The lowest BCUT2D eigenvalue weighted by Crippen LogP contribution is -2.31. The maximum atomic E-state index is 12.2. The predicted molar refractivity (Wildman–Crippen MR) is 63.8 cm³/mol. The second-order valence-electron chi connectivity index (χ2n) is 4.85. The molecule has 1 N–H and O–H groups in total. The number of rotatable bonds is 1. The molecule has 16 heavy (non-hydrogen) atoms. The summed E-state index contributed by atoms with van der Waals surface area (Å²) in [5, 5.41) is 3.53. The molecule has 1 aliphatic heterocycles. The van der Waals surface area contributed by atoms with E-state index in [2.05, 4.69) is 11.4 Å². The SMILES string of the molecule is CCc1ccc2n(c1=O)CCCNC1CC21. The van der Waals surface area contributed by atoms with Crippen LogP contribution in [0.5, 0.6) is 0 Å². The Morgan fingerprint density at radius 1 is 1.50 bits per heavy atom. The highest BCUT2D eigenvalue weighted by Crippen LogP contribution is 2.41. The zero-order valence-electron chi connectivity index (χ0n) is 9.70. The zero-order valence-corrected chi connectivity index (χ0v) is 9.70. The first-order valence-corrected chi connectivity index (χ1v) is 6.27. The van der Waals surface area contributed by atoms with Gasteiger partial charge >= 0.3 is 0 Å². The number of nitrogens with zero attached hydrogens (tertiary/aromatic N) is 1. The van der Waals surface area contributed by atoms with Gasteiger partial charge in [-0.3, -0.25) is 4.79 Å². The molecule has 0 spiro atoms. The van der Waals surface area contributed by atoms with E-state index in [4.69, 9.17) is 0 Å². The van der Waals surface area contributed by atoms with Crippen molar-refractivity contribution in [2.45, 2.75) is 44.7 Å². The van der Waals surface area contributed by atoms with Crippen molar-refractivity contribution in [1.82, 2.24) is 9.88 Å². The number of fused-ring (bicyclic) bond motifs is 3. The number of hydrogen-bond acceptors (Lipinski definition) is 2. The van der Waals surface area contributed by atoms with Gasteiger partial charge in [-0.15, -0.1) is 0 Å². The van der Waals surface area contributed by atoms with E-state index in [0.29, 0.717) is 12.0 Å². The van der Waals surface area contributed by atoms with Gasteiger partial charge in [0.25, 0.3) is 5.56 Å². The largest absolute Gasteiger partial charge is 0.313 e. The summed E-state index contributed by atoms with van der Waals surface area (Å²) in [5.74, 6) is 0.582. The van der Waals surface area contributed by atoms with Crippen LogP contribution >= 0.6 is 0 Å². The Balaban J connectivity index is 2.09. The molecule has 1 aromatic heterocycles. The van der Waals surface area contributed by atoms with Crippen molar-refractivity contribution in [3.63, 3.8) is 0 Å². The molecule has 3 heteroatoms. The molecule has 3 rings (SSSR count). The number of nitrogens with one attached hydrogen (secondary N) is 1. The van der Waals surface area contributed by atoms with Crippen LogP contribution in [0.3, 0.4) is 0 Å². The van der Waals surface area contributed by atoms with Crippen molar-refractivity contribution in [3.8, 4) is 0 Å². The molecule has 0 radical (unpaired) electrons. The lowest BCUT2D eigenvalue weighted by atomic mass is 10.1. The van der Waals surface area contributed by atoms with Crippen molar-refractivity contribution >= 4 is 0 Å². The Morgan fingerprint density at radius 2 is 2.38 bits per heavy atom. The van der Waals surface area contributed by atoms with E-state index in [-0.39, 0.29) is 5.56 Å². The van der Waals surface area contributed by atoms with Crippen LogP contribution in [0.4, 0.5) is 0 Å². The second-order valence-corrected chi connectivity index (χ2v) is 4.85. The van der Waals surface area contributed by atoms with Crippen molar-refractivity contribution in [2.24, 2.45) is 0 Å². The normalized spacial score (nSPS) is 27.6. The summed E-state index contributed by atoms with van der Waals surface area (Å²) < 4.78 is 2.02. The Morgan fingerprint density at radius 3 is 3.19 bits per heavy atom. The molecule has 1 fully saturated rings. The summed E-state index contributed by atoms with van der Waals surface area (Å²) in [6.45, 7) is 3.97. The first kappa shape index (κ1) is 10.1. The monoisotopic (exact) mass is 218 g/mol. The fourth-order valence-electron chi connectivity index (χ4n) is 2.73. The summed E-state index contributed by atoms with van der Waals surface area (Å²) in [6.07, 6.45) is 3.10. The minimum Gasteiger partial charge on any atom is -0.313 e. The van der Waals surface area contributed by atoms with Gasteiger partial charge in [0.15, 0.2) is 0 Å². The van der Waals surface area contributed by atoms with E-state index in [0.717, 1.165) is 31.5 Å². The third-order valence-electron chi connectivity index (χ3n) is 3.80. The minimum atomic E-state index is 0.243. The average Bonchev–Trinajstić information content (AvgIpc) is 3.01. The quantitative estimate of drug-likeness (QED) is 0.770. The highest BCUT2D eigenvalue weighted by Gasteiger charge is 2.40. The van der Waals surface area contributed by atoms with Crippen LogP contribution in [0.2, 0.25) is 0 Å². The number of hydrogen-bond donors (Lipinski definition) is 1. The smallest absolute Gasteiger partial charge is 0.253 e. The topological polar surface area (TPSA) is 34.0 Å². The van der Waals surface area contributed by atoms with E-state index >= 15 is 0 Å². The third-order valence-corrected chi connectivity index (χ3v) is 3.80. The fourth-order valence-corrected chi connectivity index (χ4v) is 2.73. The molecular formula is C13H18N2O. The van der Waals surface area contributed by atoms with E-state index in [9.17, 15) is 4.79 Å². The highest BCUT2D eigenvalue weighted by atomic mass is 16.1. The maximum absolute atomic E-state index is 12.2. The third kappa shape index (κ3) is 1.50. The summed E-state index contributed by atoms with van der Waals surface area (Å²) in [4.78, 5) is 12.2. The first-order chi connectivity index (χ1) is 7.81.